The first-order valence-electron chi connectivity index (χ1n) is 3.32. The Bertz CT molecular complexity index is 456. The van der Waals surface area contributed by atoms with Gasteiger partial charge < -0.3 is 9.82 Å². The zero-order valence-electron chi connectivity index (χ0n) is 6.40. The molecule has 0 saturated heterocycles. The van der Waals surface area contributed by atoms with Gasteiger partial charge in [0.2, 0.25) is 0 Å². The number of hydrogen-bond donors (Lipinski definition) is 2. The normalized spacial score (nSPS) is 10.4. The van der Waals surface area contributed by atoms with Crippen LogP contribution < -0.4 is 10.3 Å². The van der Waals surface area contributed by atoms with Gasteiger partial charge in [-0.2, -0.15) is 4.73 Å². The summed E-state index contributed by atoms with van der Waals surface area (Å²) in [7, 11) is 1.47. The van der Waals surface area contributed by atoms with Crippen molar-refractivity contribution in [3.63, 3.8) is 0 Å². The predicted octanol–water partition coefficient (Wildman–Crippen LogP) is -0.703. The molecule has 2 N–H and O–H groups in total. The van der Waals surface area contributed by atoms with E-state index in [2.05, 4.69) is 15.0 Å². The minimum Gasteiger partial charge on any atom is -0.414 e. The topological polar surface area (TPSA) is 79.6 Å². The molecule has 0 amide bonds. The lowest BCUT2D eigenvalue weighted by molar-refractivity contribution is 0.151. The van der Waals surface area contributed by atoms with Crippen LogP contribution in [0.25, 0.3) is 11.2 Å². The highest BCUT2D eigenvalue weighted by atomic mass is 16.6. The van der Waals surface area contributed by atoms with Crippen molar-refractivity contribution < 1.29 is 4.84 Å². The van der Waals surface area contributed by atoms with Crippen molar-refractivity contribution in [1.82, 2.24) is 19.7 Å². The zero-order chi connectivity index (χ0) is 8.55. The van der Waals surface area contributed by atoms with Crippen molar-refractivity contribution in [1.29, 1.82) is 5.41 Å². The first-order chi connectivity index (χ1) is 5.83. The van der Waals surface area contributed by atoms with E-state index >= 15 is 0 Å². The largest absolute Gasteiger partial charge is 0.414 e. The number of imidazole rings is 1. The number of nitrogens with zero attached hydrogens (tertiary/aromatic N) is 3. The van der Waals surface area contributed by atoms with Crippen LogP contribution in [-0.2, 0) is 0 Å². The fourth-order valence-electron chi connectivity index (χ4n) is 0.973. The summed E-state index contributed by atoms with van der Waals surface area (Å²) in [5, 5.41) is 7.58. The maximum absolute atomic E-state index is 7.58. The first-order valence-corrected chi connectivity index (χ1v) is 3.32. The summed E-state index contributed by atoms with van der Waals surface area (Å²) in [6.45, 7) is 0. The van der Waals surface area contributed by atoms with Crippen LogP contribution in [0.1, 0.15) is 0 Å². The van der Waals surface area contributed by atoms with E-state index in [0.717, 1.165) is 0 Å². The monoisotopic (exact) mass is 165 g/mol. The maximum atomic E-state index is 7.58. The summed E-state index contributed by atoms with van der Waals surface area (Å²) in [6.07, 6.45) is 2.90. The van der Waals surface area contributed by atoms with E-state index in [0.29, 0.717) is 11.2 Å². The molecule has 2 heterocycles. The van der Waals surface area contributed by atoms with E-state index < -0.39 is 0 Å². The summed E-state index contributed by atoms with van der Waals surface area (Å²) < 4.78 is 1.25. The van der Waals surface area contributed by atoms with E-state index in [9.17, 15) is 0 Å². The molecule has 0 atom stereocenters. The van der Waals surface area contributed by atoms with E-state index in [1.54, 1.807) is 0 Å². The summed E-state index contributed by atoms with van der Waals surface area (Å²) in [6, 6.07) is 0. The molecular weight excluding hydrogens is 158 g/mol. The second-order valence-electron chi connectivity index (χ2n) is 2.20. The molecule has 0 fully saturated rings. The van der Waals surface area contributed by atoms with Gasteiger partial charge >= 0.3 is 0 Å². The maximum Gasteiger partial charge on any atom is 0.190 e. The number of nitrogens with one attached hydrogen (secondary N) is 2. The number of fused-ring (bicyclic) bond motifs is 1. The lowest BCUT2D eigenvalue weighted by Gasteiger charge is -2.01. The minimum absolute atomic E-state index is 0.208. The highest BCUT2D eigenvalue weighted by Crippen LogP contribution is 1.95. The van der Waals surface area contributed by atoms with Gasteiger partial charge in [-0.1, -0.05) is 0 Å². The van der Waals surface area contributed by atoms with Crippen LogP contribution in [0.4, 0.5) is 0 Å². The molecule has 2 aromatic rings. The molecule has 6 heteroatoms. The molecule has 0 aliphatic carbocycles. The van der Waals surface area contributed by atoms with Gasteiger partial charge in [0, 0.05) is 0 Å². The summed E-state index contributed by atoms with van der Waals surface area (Å²) in [4.78, 5) is 15.5. The van der Waals surface area contributed by atoms with Crippen molar-refractivity contribution >= 4 is 11.2 Å². The lowest BCUT2D eigenvalue weighted by Crippen LogP contribution is -2.25. The van der Waals surface area contributed by atoms with Gasteiger partial charge in [0.05, 0.1) is 6.33 Å². The van der Waals surface area contributed by atoms with Crippen LogP contribution in [0.2, 0.25) is 0 Å². The quantitative estimate of drug-likeness (QED) is 0.586. The number of aromatic amines is 1. The van der Waals surface area contributed by atoms with Crippen LogP contribution >= 0.6 is 0 Å². The van der Waals surface area contributed by atoms with Crippen molar-refractivity contribution in [2.24, 2.45) is 0 Å². The third-order valence-corrected chi connectivity index (χ3v) is 1.56. The van der Waals surface area contributed by atoms with E-state index in [4.69, 9.17) is 10.2 Å². The van der Waals surface area contributed by atoms with Crippen LogP contribution in [0.3, 0.4) is 0 Å². The van der Waals surface area contributed by atoms with Crippen molar-refractivity contribution in [2.75, 3.05) is 7.11 Å². The van der Waals surface area contributed by atoms with Crippen LogP contribution in [0, 0.1) is 5.41 Å². The van der Waals surface area contributed by atoms with Crippen LogP contribution in [-0.4, -0.2) is 26.8 Å². The molecule has 0 bridgehead atoms. The molecule has 0 unspecified atom stereocenters. The number of hydrogen-bond acceptors (Lipinski definition) is 4. The molecule has 0 spiro atoms. The Morgan fingerprint density at radius 1 is 1.58 bits per heavy atom. The Balaban J connectivity index is 2.88. The summed E-state index contributed by atoms with van der Waals surface area (Å²) in [5.74, 6) is 0. The van der Waals surface area contributed by atoms with E-state index in [1.807, 2.05) is 0 Å². The highest BCUT2D eigenvalue weighted by molar-refractivity contribution is 5.67. The molecule has 12 heavy (non-hydrogen) atoms. The fraction of sp³-hybridized carbons (Fsp3) is 0.167. The highest BCUT2D eigenvalue weighted by Gasteiger charge is 2.01. The zero-order valence-corrected chi connectivity index (χ0v) is 6.40. The Kier molecular flexibility index (Phi) is 1.33. The van der Waals surface area contributed by atoms with Gasteiger partial charge in [-0.15, -0.1) is 0 Å². The molecule has 2 aromatic heterocycles. The van der Waals surface area contributed by atoms with Crippen molar-refractivity contribution in [3.8, 4) is 0 Å². The third-order valence-electron chi connectivity index (χ3n) is 1.56. The Hall–Kier alpha value is -1.85. The van der Waals surface area contributed by atoms with Gasteiger partial charge in [-0.05, 0) is 0 Å². The lowest BCUT2D eigenvalue weighted by atomic mass is 10.5. The van der Waals surface area contributed by atoms with E-state index in [-0.39, 0.29) is 5.49 Å². The molecule has 0 saturated carbocycles. The number of aromatic nitrogens is 4. The molecular formula is C6H7N5O. The third kappa shape index (κ3) is 0.777. The van der Waals surface area contributed by atoms with Crippen LogP contribution in [0.15, 0.2) is 12.7 Å². The van der Waals surface area contributed by atoms with Crippen molar-refractivity contribution in [2.45, 2.75) is 0 Å². The van der Waals surface area contributed by atoms with E-state index in [1.165, 1.54) is 24.5 Å². The van der Waals surface area contributed by atoms with Gasteiger partial charge in [-0.25, -0.2) is 9.97 Å². The second kappa shape index (κ2) is 2.33. The Morgan fingerprint density at radius 2 is 2.42 bits per heavy atom. The molecule has 0 aromatic carbocycles. The molecule has 0 radical (unpaired) electrons. The second-order valence-corrected chi connectivity index (χ2v) is 2.20. The smallest absolute Gasteiger partial charge is 0.190 e. The SMILES string of the molecule is COn1cnc2nc[nH]c2c1=N. The summed E-state index contributed by atoms with van der Waals surface area (Å²) in [5.41, 5.74) is 1.30. The van der Waals surface area contributed by atoms with Gasteiger partial charge in [0.15, 0.2) is 11.1 Å². The molecule has 0 aliphatic rings. The fourth-order valence-corrected chi connectivity index (χ4v) is 0.973. The Morgan fingerprint density at radius 3 is 3.17 bits per heavy atom. The van der Waals surface area contributed by atoms with Crippen molar-refractivity contribution in [3.05, 3.63) is 18.1 Å². The Labute approximate surface area is 67.3 Å². The van der Waals surface area contributed by atoms with Crippen LogP contribution in [0.5, 0.6) is 0 Å². The average molecular weight is 165 g/mol. The first kappa shape index (κ1) is 6.84. The molecule has 62 valence electrons. The molecule has 6 nitrogen and oxygen atoms in total. The standard InChI is InChI=1S/C6H7N5O/c1-12-11-3-10-6-4(5(11)7)8-2-9-6/h2-3,7H,1H3,(H,8,9). The molecule has 0 aliphatic heterocycles. The number of rotatable bonds is 1. The summed E-state index contributed by atoms with van der Waals surface area (Å²) >= 11 is 0. The average Bonchev–Trinajstić information content (AvgIpc) is 2.53. The number of H-pyrrole nitrogens is 1. The van der Waals surface area contributed by atoms with Gasteiger partial charge in [-0.3, -0.25) is 5.41 Å². The van der Waals surface area contributed by atoms with Gasteiger partial charge in [0.1, 0.15) is 19.0 Å². The molecule has 2 rings (SSSR count). The minimum atomic E-state index is 0.208. The predicted molar refractivity (Wildman–Crippen MR) is 40.2 cm³/mol. The van der Waals surface area contributed by atoms with Gasteiger partial charge in [0.25, 0.3) is 0 Å².